The van der Waals surface area contributed by atoms with E-state index in [0.717, 1.165) is 46.9 Å². The number of hydrogen-bond acceptors (Lipinski definition) is 4. The molecule has 0 aliphatic heterocycles. The third-order valence-electron chi connectivity index (χ3n) is 7.89. The predicted molar refractivity (Wildman–Crippen MR) is 175 cm³/mol. The lowest BCUT2D eigenvalue weighted by Gasteiger charge is -2.24. The van der Waals surface area contributed by atoms with Crippen LogP contribution in [0.5, 0.6) is 5.75 Å². The van der Waals surface area contributed by atoms with Gasteiger partial charge in [-0.05, 0) is 35.1 Å². The average Bonchev–Trinajstić information content (AvgIpc) is 2.97. The summed E-state index contributed by atoms with van der Waals surface area (Å²) in [4.78, 5) is 26.5. The van der Waals surface area contributed by atoms with E-state index in [-0.39, 0.29) is 48.5 Å². The summed E-state index contributed by atoms with van der Waals surface area (Å²) < 4.78 is 13.9. The average molecular weight is 723 g/mol. The fourth-order valence-corrected chi connectivity index (χ4v) is 5.31. The number of pyridine rings is 1. The van der Waals surface area contributed by atoms with E-state index in [2.05, 4.69) is 45.3 Å². The molecule has 0 radical (unpaired) electrons. The van der Waals surface area contributed by atoms with Gasteiger partial charge >= 0.3 is 6.09 Å². The van der Waals surface area contributed by atoms with Crippen LogP contribution in [0, 0.1) is 0 Å². The summed E-state index contributed by atoms with van der Waals surface area (Å²) in [5, 5.41) is 0. The number of amides is 2. The Labute approximate surface area is 285 Å². The lowest BCUT2D eigenvalue weighted by molar-refractivity contribution is -0.704. The van der Waals surface area contributed by atoms with Gasteiger partial charge in [-0.15, -0.1) is 0 Å². The number of carbonyl (C=O) groups excluding carboxylic acids is 2. The molecule has 2 aromatic rings. The lowest BCUT2D eigenvalue weighted by atomic mass is 9.85. The summed E-state index contributed by atoms with van der Waals surface area (Å²) >= 11 is 0. The van der Waals surface area contributed by atoms with Crippen molar-refractivity contribution in [1.82, 2.24) is 4.90 Å². The van der Waals surface area contributed by atoms with E-state index in [4.69, 9.17) is 9.47 Å². The first kappa shape index (κ1) is 39.9. The molecule has 44 heavy (non-hydrogen) atoms. The van der Waals surface area contributed by atoms with Crippen molar-refractivity contribution in [2.45, 2.75) is 150 Å². The lowest BCUT2D eigenvalue weighted by Crippen LogP contribution is -3.00. The van der Waals surface area contributed by atoms with Crippen molar-refractivity contribution in [1.29, 1.82) is 0 Å². The molecular formula is C37H59IN2O4. The monoisotopic (exact) mass is 722 g/mol. The van der Waals surface area contributed by atoms with Crippen molar-refractivity contribution < 1.29 is 47.6 Å². The SMILES string of the molecule is CCCCCCCCCCCCCCOc1ccc(COC(=O)N(Cc2cccc[n+]2CCC)C(C)=O)cc1C(C)(C)C.[I-]. The van der Waals surface area contributed by atoms with Crippen molar-refractivity contribution in [2.75, 3.05) is 6.61 Å². The van der Waals surface area contributed by atoms with Crippen molar-refractivity contribution >= 4 is 12.0 Å². The summed E-state index contributed by atoms with van der Waals surface area (Å²) in [5.41, 5.74) is 2.73. The van der Waals surface area contributed by atoms with Gasteiger partial charge in [0.25, 0.3) is 0 Å². The van der Waals surface area contributed by atoms with E-state index >= 15 is 0 Å². The standard InChI is InChI=1S/C37H59N2O4.HI/c1-7-9-10-11-12-13-14-15-16-17-18-21-27-42-35-24-23-32(28-34(35)37(4,5)6)30-43-36(41)39(31(3)40)29-33-22-19-20-26-38(33)25-8-2;/h19-20,22-24,26,28H,7-18,21,25,27,29-30H2,1-6H3;1H/q+1;/p-1. The van der Waals surface area contributed by atoms with Gasteiger partial charge in [-0.1, -0.05) is 117 Å². The second kappa shape index (κ2) is 22.4. The van der Waals surface area contributed by atoms with Crippen molar-refractivity contribution in [3.63, 3.8) is 0 Å². The third-order valence-corrected chi connectivity index (χ3v) is 7.89. The molecule has 0 N–H and O–H groups in total. The molecule has 2 amide bonds. The van der Waals surface area contributed by atoms with Crippen LogP contribution in [-0.2, 0) is 34.6 Å². The van der Waals surface area contributed by atoms with Crippen LogP contribution in [0.4, 0.5) is 4.79 Å². The van der Waals surface area contributed by atoms with Crippen LogP contribution < -0.4 is 33.3 Å². The summed E-state index contributed by atoms with van der Waals surface area (Å²) in [6.45, 7) is 14.1. The highest BCUT2D eigenvalue weighted by molar-refractivity contribution is 5.90. The van der Waals surface area contributed by atoms with Crippen LogP contribution >= 0.6 is 0 Å². The van der Waals surface area contributed by atoms with E-state index < -0.39 is 6.09 Å². The number of aromatic nitrogens is 1. The first-order valence-electron chi connectivity index (χ1n) is 16.9. The number of rotatable bonds is 20. The quantitative estimate of drug-likeness (QED) is 0.0897. The normalized spacial score (nSPS) is 11.1. The molecule has 0 aliphatic carbocycles. The van der Waals surface area contributed by atoms with E-state index in [1.165, 1.54) is 77.6 Å². The first-order chi connectivity index (χ1) is 20.7. The van der Waals surface area contributed by atoms with Gasteiger partial charge in [-0.2, -0.15) is 0 Å². The van der Waals surface area contributed by atoms with Gasteiger partial charge in [0.1, 0.15) is 25.4 Å². The van der Waals surface area contributed by atoms with Crippen LogP contribution in [0.25, 0.3) is 0 Å². The molecule has 1 aromatic carbocycles. The maximum atomic E-state index is 13.0. The number of halogens is 1. The number of nitrogens with zero attached hydrogens (tertiary/aromatic N) is 2. The Balaban J connectivity index is 0.00000968. The predicted octanol–water partition coefficient (Wildman–Crippen LogP) is 6.45. The van der Waals surface area contributed by atoms with Gasteiger partial charge in [-0.25, -0.2) is 14.3 Å². The Kier molecular flexibility index (Phi) is 20.3. The molecule has 248 valence electrons. The molecule has 2 rings (SSSR count). The Hall–Kier alpha value is -2.16. The van der Waals surface area contributed by atoms with Crippen molar-refractivity contribution in [2.24, 2.45) is 0 Å². The van der Waals surface area contributed by atoms with Crippen LogP contribution in [0.1, 0.15) is 142 Å². The van der Waals surface area contributed by atoms with Crippen molar-refractivity contribution in [3.8, 4) is 5.75 Å². The molecular weight excluding hydrogens is 663 g/mol. The zero-order valence-corrected chi connectivity index (χ0v) is 30.6. The topological polar surface area (TPSA) is 59.7 Å². The third kappa shape index (κ3) is 15.2. The zero-order chi connectivity index (χ0) is 31.5. The molecule has 0 fully saturated rings. The Morgan fingerprint density at radius 2 is 1.43 bits per heavy atom. The number of carbonyl (C=O) groups is 2. The van der Waals surface area contributed by atoms with Gasteiger partial charge in [0.2, 0.25) is 11.6 Å². The molecule has 0 saturated heterocycles. The fraction of sp³-hybridized carbons (Fsp3) is 0.649. The highest BCUT2D eigenvalue weighted by Crippen LogP contribution is 2.32. The second-order valence-corrected chi connectivity index (χ2v) is 12.9. The Bertz CT molecular complexity index is 1100. The van der Waals surface area contributed by atoms with Gasteiger partial charge < -0.3 is 33.5 Å². The summed E-state index contributed by atoms with van der Waals surface area (Å²) in [5.74, 6) is 0.550. The number of ether oxygens (including phenoxy) is 2. The van der Waals surface area contributed by atoms with Gasteiger partial charge in [0.05, 0.1) is 6.61 Å². The van der Waals surface area contributed by atoms with E-state index in [1.54, 1.807) is 0 Å². The molecule has 0 unspecified atom stereocenters. The van der Waals surface area contributed by atoms with Crippen molar-refractivity contribution in [3.05, 3.63) is 59.4 Å². The minimum absolute atomic E-state index is 0. The number of aryl methyl sites for hydroxylation is 1. The minimum atomic E-state index is -0.635. The molecule has 1 aromatic heterocycles. The van der Waals surface area contributed by atoms with Crippen LogP contribution in [-0.4, -0.2) is 23.5 Å². The highest BCUT2D eigenvalue weighted by atomic mass is 127. The molecule has 0 spiro atoms. The molecule has 0 saturated carbocycles. The molecule has 1 heterocycles. The number of hydrogen-bond donors (Lipinski definition) is 0. The largest absolute Gasteiger partial charge is 1.00 e. The Morgan fingerprint density at radius 3 is 2.00 bits per heavy atom. The van der Waals surface area contributed by atoms with Crippen LogP contribution in [0.2, 0.25) is 0 Å². The van der Waals surface area contributed by atoms with E-state index in [9.17, 15) is 9.59 Å². The van der Waals surface area contributed by atoms with Crippen LogP contribution in [0.3, 0.4) is 0 Å². The molecule has 7 heteroatoms. The first-order valence-corrected chi connectivity index (χ1v) is 16.9. The summed E-state index contributed by atoms with van der Waals surface area (Å²) in [6.07, 6.45) is 18.2. The molecule has 0 atom stereocenters. The molecule has 0 bridgehead atoms. The molecule has 0 aliphatic rings. The maximum Gasteiger partial charge on any atom is 0.417 e. The second-order valence-electron chi connectivity index (χ2n) is 12.9. The molecule has 6 nitrogen and oxygen atoms in total. The minimum Gasteiger partial charge on any atom is -1.00 e. The number of unbranched alkanes of at least 4 members (excludes halogenated alkanes) is 11. The zero-order valence-electron chi connectivity index (χ0n) is 28.5. The maximum absolute atomic E-state index is 13.0. The van der Waals surface area contributed by atoms with Crippen LogP contribution in [0.15, 0.2) is 42.6 Å². The fourth-order valence-electron chi connectivity index (χ4n) is 5.31. The Morgan fingerprint density at radius 1 is 0.818 bits per heavy atom. The van der Waals surface area contributed by atoms with Gasteiger partial charge in [-0.3, -0.25) is 4.79 Å². The summed E-state index contributed by atoms with van der Waals surface area (Å²) in [6, 6.07) is 11.8. The van der Waals surface area contributed by atoms with Gasteiger partial charge in [0, 0.05) is 25.5 Å². The van der Waals surface area contributed by atoms with E-state index in [0.29, 0.717) is 6.61 Å². The van der Waals surface area contributed by atoms with E-state index in [1.807, 2.05) is 36.5 Å². The highest BCUT2D eigenvalue weighted by Gasteiger charge is 2.25. The van der Waals surface area contributed by atoms with Gasteiger partial charge in [0.15, 0.2) is 6.20 Å². The summed E-state index contributed by atoms with van der Waals surface area (Å²) in [7, 11) is 0. The number of benzene rings is 1. The smallest absolute Gasteiger partial charge is 0.417 e. The number of imide groups is 1.